The number of carbonyl (C=O) groups excluding carboxylic acids is 1. The minimum Gasteiger partial charge on any atom is -0.422 e. The number of alkyl halides is 3. The molecule has 0 spiro atoms. The predicted molar refractivity (Wildman–Crippen MR) is 99.9 cm³/mol. The zero-order valence-electron chi connectivity index (χ0n) is 16.4. The van der Waals surface area contributed by atoms with E-state index in [-0.39, 0.29) is 29.5 Å². The number of halogens is 3. The van der Waals surface area contributed by atoms with Gasteiger partial charge in [0.05, 0.1) is 0 Å². The van der Waals surface area contributed by atoms with Gasteiger partial charge in [-0.25, -0.2) is 0 Å². The van der Waals surface area contributed by atoms with Crippen molar-refractivity contribution < 1.29 is 31.6 Å². The van der Waals surface area contributed by atoms with Gasteiger partial charge >= 0.3 is 6.18 Å². The topological polar surface area (TPSA) is 103 Å². The van der Waals surface area contributed by atoms with Gasteiger partial charge in [-0.05, 0) is 19.8 Å². The summed E-state index contributed by atoms with van der Waals surface area (Å²) in [4.78, 5) is 12.4. The average Bonchev–Trinajstić information content (AvgIpc) is 3.38. The van der Waals surface area contributed by atoms with Gasteiger partial charge in [0.1, 0.15) is 18.4 Å². The lowest BCUT2D eigenvalue weighted by atomic mass is 9.80. The van der Waals surface area contributed by atoms with Crippen LogP contribution in [-0.4, -0.2) is 40.1 Å². The molecule has 4 rings (SSSR count). The molecule has 1 N–H and O–H groups in total. The number of carbonyl (C=O) groups is 1. The Labute approximate surface area is 174 Å². The molecule has 11 heteroatoms. The highest BCUT2D eigenvalue weighted by Crippen LogP contribution is 2.37. The van der Waals surface area contributed by atoms with Crippen molar-refractivity contribution in [1.29, 1.82) is 0 Å². The second kappa shape index (κ2) is 8.50. The van der Waals surface area contributed by atoms with E-state index in [1.165, 1.54) is 6.92 Å². The third kappa shape index (κ3) is 5.10. The third-order valence-corrected chi connectivity index (χ3v) is 4.93. The van der Waals surface area contributed by atoms with E-state index in [0.29, 0.717) is 24.4 Å². The molecule has 0 aliphatic heterocycles. The Morgan fingerprint density at radius 1 is 1.26 bits per heavy atom. The number of benzene rings is 1. The Bertz CT molecular complexity index is 1030. The number of rotatable bonds is 7. The van der Waals surface area contributed by atoms with Crippen LogP contribution in [0, 0.1) is 0 Å². The van der Waals surface area contributed by atoms with Crippen molar-refractivity contribution in [2.75, 3.05) is 6.61 Å². The normalized spacial score (nSPS) is 19.6. The molecule has 31 heavy (non-hydrogen) atoms. The summed E-state index contributed by atoms with van der Waals surface area (Å²) in [6.45, 7) is 0.0188. The van der Waals surface area contributed by atoms with Crippen molar-refractivity contribution in [3.8, 4) is 11.3 Å². The summed E-state index contributed by atoms with van der Waals surface area (Å²) in [5.74, 6) is -0.0525. The molecule has 1 amide bonds. The van der Waals surface area contributed by atoms with E-state index in [2.05, 4.69) is 20.7 Å². The van der Waals surface area contributed by atoms with Gasteiger partial charge in [-0.3, -0.25) is 4.79 Å². The van der Waals surface area contributed by atoms with Crippen LogP contribution in [0.5, 0.6) is 0 Å². The van der Waals surface area contributed by atoms with Crippen molar-refractivity contribution in [1.82, 2.24) is 20.7 Å². The van der Waals surface area contributed by atoms with Crippen molar-refractivity contribution >= 4 is 5.91 Å². The van der Waals surface area contributed by atoms with E-state index in [4.69, 9.17) is 13.7 Å². The highest BCUT2D eigenvalue weighted by atomic mass is 19.4. The summed E-state index contributed by atoms with van der Waals surface area (Å²) in [5.41, 5.74) is 1.41. The summed E-state index contributed by atoms with van der Waals surface area (Å²) < 4.78 is 52.0. The zero-order chi connectivity index (χ0) is 22.0. The minimum absolute atomic E-state index is 0.0122. The van der Waals surface area contributed by atoms with Gasteiger partial charge in [0.2, 0.25) is 17.5 Å². The standard InChI is InChI=1S/C20H19F3N4O4/c1-11(29-10-20(21,22)23)18-25-26-19(30-18)13-7-14(8-13)24-17(28)16-9-15(27-31-16)12-5-3-2-4-6-12/h2-6,9,11,13-14H,7-8,10H2,1H3,(H,24,28)/t11-,13-,14-/m0/s1. The van der Waals surface area contributed by atoms with Gasteiger partial charge in [-0.15, -0.1) is 10.2 Å². The van der Waals surface area contributed by atoms with Crippen LogP contribution < -0.4 is 5.32 Å². The molecular weight excluding hydrogens is 417 g/mol. The van der Waals surface area contributed by atoms with E-state index in [1.807, 2.05) is 30.3 Å². The first-order valence-electron chi connectivity index (χ1n) is 9.63. The minimum atomic E-state index is -4.43. The van der Waals surface area contributed by atoms with Crippen molar-refractivity contribution in [2.45, 2.75) is 44.0 Å². The van der Waals surface area contributed by atoms with Crippen LogP contribution in [0.3, 0.4) is 0 Å². The molecule has 1 aliphatic rings. The van der Waals surface area contributed by atoms with Gasteiger partial charge in [0, 0.05) is 23.6 Å². The van der Waals surface area contributed by atoms with Gasteiger partial charge in [-0.2, -0.15) is 13.2 Å². The molecule has 1 aliphatic carbocycles. The molecule has 8 nitrogen and oxygen atoms in total. The lowest BCUT2D eigenvalue weighted by Crippen LogP contribution is -2.43. The van der Waals surface area contributed by atoms with Gasteiger partial charge in [0.15, 0.2) is 0 Å². The Morgan fingerprint density at radius 2 is 2.00 bits per heavy atom. The fraction of sp³-hybridized carbons (Fsp3) is 0.400. The molecule has 3 aromatic rings. The summed E-state index contributed by atoms with van der Waals surface area (Å²) in [5, 5.41) is 14.4. The first kappa shape index (κ1) is 21.0. The fourth-order valence-corrected chi connectivity index (χ4v) is 3.19. The smallest absolute Gasteiger partial charge is 0.411 e. The maximum atomic E-state index is 12.4. The third-order valence-electron chi connectivity index (χ3n) is 4.93. The highest BCUT2D eigenvalue weighted by molar-refractivity contribution is 5.92. The molecule has 1 aromatic carbocycles. The molecule has 2 aromatic heterocycles. The predicted octanol–water partition coefficient (Wildman–Crippen LogP) is 4.04. The number of aromatic nitrogens is 3. The summed E-state index contributed by atoms with van der Waals surface area (Å²) in [7, 11) is 0. The molecule has 0 radical (unpaired) electrons. The number of amides is 1. The molecular formula is C20H19F3N4O4. The Kier molecular flexibility index (Phi) is 5.77. The van der Waals surface area contributed by atoms with E-state index in [1.54, 1.807) is 6.07 Å². The number of hydrogen-bond donors (Lipinski definition) is 1. The maximum absolute atomic E-state index is 12.4. The Morgan fingerprint density at radius 3 is 2.71 bits per heavy atom. The molecule has 2 heterocycles. The fourth-order valence-electron chi connectivity index (χ4n) is 3.19. The van der Waals surface area contributed by atoms with E-state index in [0.717, 1.165) is 5.56 Å². The average molecular weight is 436 g/mol. The van der Waals surface area contributed by atoms with Crippen LogP contribution in [0.15, 0.2) is 45.3 Å². The van der Waals surface area contributed by atoms with Crippen LogP contribution in [0.4, 0.5) is 13.2 Å². The monoisotopic (exact) mass is 436 g/mol. The number of ether oxygens (including phenoxy) is 1. The molecule has 0 unspecified atom stereocenters. The zero-order valence-corrected chi connectivity index (χ0v) is 16.4. The lowest BCUT2D eigenvalue weighted by molar-refractivity contribution is -0.186. The molecule has 1 fully saturated rings. The van der Waals surface area contributed by atoms with Crippen LogP contribution in [0.25, 0.3) is 11.3 Å². The Hall–Kier alpha value is -3.21. The van der Waals surface area contributed by atoms with Gasteiger partial charge < -0.3 is 19.0 Å². The van der Waals surface area contributed by atoms with E-state index < -0.39 is 18.9 Å². The molecule has 164 valence electrons. The molecule has 0 saturated heterocycles. The number of nitrogens with zero attached hydrogens (tertiary/aromatic N) is 3. The largest absolute Gasteiger partial charge is 0.422 e. The van der Waals surface area contributed by atoms with Crippen LogP contribution in [0.1, 0.15) is 54.1 Å². The van der Waals surface area contributed by atoms with Gasteiger partial charge in [-0.1, -0.05) is 35.5 Å². The quantitative estimate of drug-likeness (QED) is 0.596. The van der Waals surface area contributed by atoms with Crippen molar-refractivity contribution in [3.05, 3.63) is 53.9 Å². The van der Waals surface area contributed by atoms with E-state index >= 15 is 0 Å². The molecule has 1 atom stereocenters. The van der Waals surface area contributed by atoms with E-state index in [9.17, 15) is 18.0 Å². The second-order valence-corrected chi connectivity index (χ2v) is 7.33. The summed E-state index contributed by atoms with van der Waals surface area (Å²) >= 11 is 0. The highest BCUT2D eigenvalue weighted by Gasteiger charge is 2.36. The lowest BCUT2D eigenvalue weighted by Gasteiger charge is -2.33. The number of nitrogens with one attached hydrogen (secondary N) is 1. The maximum Gasteiger partial charge on any atom is 0.411 e. The summed E-state index contributed by atoms with van der Waals surface area (Å²) in [6, 6.07) is 10.8. The molecule has 0 bridgehead atoms. The first-order valence-corrected chi connectivity index (χ1v) is 9.63. The van der Waals surface area contributed by atoms with Crippen LogP contribution in [0.2, 0.25) is 0 Å². The van der Waals surface area contributed by atoms with Crippen molar-refractivity contribution in [3.63, 3.8) is 0 Å². The van der Waals surface area contributed by atoms with Gasteiger partial charge in [0.25, 0.3) is 5.91 Å². The SMILES string of the molecule is C[C@H](OCC(F)(F)F)c1nnc([C@H]2C[C@H](NC(=O)c3cc(-c4ccccc4)no3)C2)o1. The first-order chi connectivity index (χ1) is 14.8. The van der Waals surface area contributed by atoms with Crippen LogP contribution >= 0.6 is 0 Å². The molecule has 1 saturated carbocycles. The van der Waals surface area contributed by atoms with Crippen LogP contribution in [-0.2, 0) is 4.74 Å². The Balaban J connectivity index is 1.27. The number of hydrogen-bond acceptors (Lipinski definition) is 7. The van der Waals surface area contributed by atoms with Crippen molar-refractivity contribution in [2.24, 2.45) is 0 Å². The summed E-state index contributed by atoms with van der Waals surface area (Å²) in [6.07, 6.45) is -4.28. The second-order valence-electron chi connectivity index (χ2n) is 7.33.